The van der Waals surface area contributed by atoms with Gasteiger partial charge in [-0.1, -0.05) is 43.0 Å². The minimum Gasteiger partial charge on any atom is -0.379 e. The summed E-state index contributed by atoms with van der Waals surface area (Å²) < 4.78 is 5.30. The van der Waals surface area contributed by atoms with Gasteiger partial charge in [-0.2, -0.15) is 5.10 Å². The number of nitrogens with one attached hydrogen (secondary N) is 3. The van der Waals surface area contributed by atoms with Gasteiger partial charge in [0.25, 0.3) is 0 Å². The van der Waals surface area contributed by atoms with Crippen molar-refractivity contribution < 1.29 is 9.53 Å². The third-order valence-corrected chi connectivity index (χ3v) is 4.54. The van der Waals surface area contributed by atoms with Crippen LogP contribution in [0.4, 0.5) is 4.79 Å². The van der Waals surface area contributed by atoms with Crippen molar-refractivity contribution in [3.05, 3.63) is 60.3 Å². The number of hydrazone groups is 1. The SMILES string of the molecule is C=C(C=N)C1=NN(CCC=C/C=C\C=C/C)C(NC(=O)N[C@@H]2CCOC2)C=C1C. The van der Waals surface area contributed by atoms with Crippen molar-refractivity contribution in [2.75, 3.05) is 19.8 Å². The van der Waals surface area contributed by atoms with E-state index in [9.17, 15) is 4.79 Å². The lowest BCUT2D eigenvalue weighted by molar-refractivity contribution is 0.181. The Morgan fingerprint density at radius 1 is 1.38 bits per heavy atom. The quantitative estimate of drug-likeness (QED) is 0.412. The molecule has 0 aromatic rings. The maximum absolute atomic E-state index is 12.4. The highest BCUT2D eigenvalue weighted by molar-refractivity contribution is 6.22. The lowest BCUT2D eigenvalue weighted by atomic mass is 10.0. The number of amides is 2. The molecule has 0 aromatic carbocycles. The molecule has 1 saturated heterocycles. The van der Waals surface area contributed by atoms with Crippen molar-refractivity contribution in [3.63, 3.8) is 0 Å². The fourth-order valence-corrected chi connectivity index (χ4v) is 2.99. The molecule has 2 amide bonds. The zero-order valence-electron chi connectivity index (χ0n) is 17.2. The lowest BCUT2D eigenvalue weighted by Gasteiger charge is -2.32. The van der Waals surface area contributed by atoms with E-state index in [0.29, 0.717) is 31.0 Å². The molecule has 2 heterocycles. The van der Waals surface area contributed by atoms with E-state index >= 15 is 0 Å². The molecular weight excluding hydrogens is 366 g/mol. The molecule has 2 rings (SSSR count). The summed E-state index contributed by atoms with van der Waals surface area (Å²) in [6, 6.07) is -0.199. The van der Waals surface area contributed by atoms with Gasteiger partial charge in [0.2, 0.25) is 0 Å². The van der Waals surface area contributed by atoms with Crippen molar-refractivity contribution >= 4 is 18.0 Å². The van der Waals surface area contributed by atoms with Gasteiger partial charge >= 0.3 is 6.03 Å². The number of rotatable bonds is 9. The topological polar surface area (TPSA) is 89.8 Å². The Labute approximate surface area is 173 Å². The number of hydrogen-bond acceptors (Lipinski definition) is 5. The van der Waals surface area contributed by atoms with Crippen LogP contribution in [-0.2, 0) is 4.74 Å². The molecule has 1 fully saturated rings. The summed E-state index contributed by atoms with van der Waals surface area (Å²) in [5, 5.41) is 19.9. The number of allylic oxidation sites excluding steroid dienone is 7. The lowest BCUT2D eigenvalue weighted by Crippen LogP contribution is -2.52. The first-order chi connectivity index (χ1) is 14.0. The van der Waals surface area contributed by atoms with Crippen LogP contribution in [0.5, 0.6) is 0 Å². The standard InChI is InChI=1S/C22H31N5O2/c1-4-5-6-7-8-9-10-12-27-20(14-17(2)21(26-27)18(3)15-23)25-22(28)24-19-11-13-29-16-19/h4-9,14-15,19-20,23H,3,10-13,16H2,1-2H3,(H2,24,25,28)/b5-4-,7-6-,9-8?,23-15?/t19-,20?/m1/s1. The van der Waals surface area contributed by atoms with Crippen LogP contribution in [0.15, 0.2) is 65.4 Å². The Kier molecular flexibility index (Phi) is 9.11. The Morgan fingerprint density at radius 3 is 2.86 bits per heavy atom. The maximum atomic E-state index is 12.4. The molecule has 2 atom stereocenters. The number of carbonyl (C=O) groups is 1. The van der Waals surface area contributed by atoms with Crippen molar-refractivity contribution in [2.24, 2.45) is 5.10 Å². The van der Waals surface area contributed by atoms with Gasteiger partial charge in [-0.15, -0.1) is 0 Å². The van der Waals surface area contributed by atoms with Gasteiger partial charge in [0.05, 0.1) is 18.4 Å². The van der Waals surface area contributed by atoms with Gasteiger partial charge in [-0.25, -0.2) is 4.79 Å². The number of ether oxygens (including phenoxy) is 1. The predicted octanol–water partition coefficient (Wildman–Crippen LogP) is 3.30. The molecular formula is C22H31N5O2. The fraction of sp³-hybridized carbons (Fsp3) is 0.409. The van der Waals surface area contributed by atoms with Crippen molar-refractivity contribution in [1.82, 2.24) is 15.6 Å². The maximum Gasteiger partial charge on any atom is 0.316 e. The molecule has 0 bridgehead atoms. The second-order valence-corrected chi connectivity index (χ2v) is 6.88. The number of urea groups is 1. The Hall–Kier alpha value is -2.93. The molecule has 0 radical (unpaired) electrons. The van der Waals surface area contributed by atoms with Gasteiger partial charge in [0.15, 0.2) is 0 Å². The minimum atomic E-state index is -0.369. The second-order valence-electron chi connectivity index (χ2n) is 6.88. The minimum absolute atomic E-state index is 0.0424. The Morgan fingerprint density at radius 2 is 2.17 bits per heavy atom. The van der Waals surface area contributed by atoms with Crippen LogP contribution in [0.25, 0.3) is 0 Å². The highest BCUT2D eigenvalue weighted by Crippen LogP contribution is 2.17. The average molecular weight is 398 g/mol. The Balaban J connectivity index is 2.03. The van der Waals surface area contributed by atoms with Crippen LogP contribution in [0.2, 0.25) is 0 Å². The summed E-state index contributed by atoms with van der Waals surface area (Å²) in [5.74, 6) is 0. The summed E-state index contributed by atoms with van der Waals surface area (Å²) in [5.41, 5.74) is 2.09. The van der Waals surface area contributed by atoms with E-state index in [2.05, 4.69) is 28.4 Å². The van der Waals surface area contributed by atoms with E-state index < -0.39 is 0 Å². The summed E-state index contributed by atoms with van der Waals surface area (Å²) in [6.45, 7) is 9.61. The summed E-state index contributed by atoms with van der Waals surface area (Å²) in [6.07, 6.45) is 16.3. The highest BCUT2D eigenvalue weighted by Gasteiger charge is 2.25. The first kappa shape index (κ1) is 22.4. The molecule has 7 heteroatoms. The van der Waals surface area contributed by atoms with Crippen LogP contribution in [0.1, 0.15) is 26.7 Å². The van der Waals surface area contributed by atoms with Crippen molar-refractivity contribution in [2.45, 2.75) is 38.9 Å². The van der Waals surface area contributed by atoms with Crippen LogP contribution in [-0.4, -0.2) is 54.9 Å². The van der Waals surface area contributed by atoms with Crippen LogP contribution in [0, 0.1) is 5.41 Å². The van der Waals surface area contributed by atoms with E-state index in [4.69, 9.17) is 10.1 Å². The van der Waals surface area contributed by atoms with E-state index in [1.54, 1.807) is 0 Å². The molecule has 0 aromatic heterocycles. The van der Waals surface area contributed by atoms with E-state index in [1.165, 1.54) is 6.21 Å². The fourth-order valence-electron chi connectivity index (χ4n) is 2.99. The monoisotopic (exact) mass is 397 g/mol. The van der Waals surface area contributed by atoms with Gasteiger partial charge in [-0.3, -0.25) is 5.01 Å². The predicted molar refractivity (Wildman–Crippen MR) is 118 cm³/mol. The molecule has 29 heavy (non-hydrogen) atoms. The molecule has 0 saturated carbocycles. The number of hydrogen-bond donors (Lipinski definition) is 3. The van der Waals surface area contributed by atoms with Crippen LogP contribution >= 0.6 is 0 Å². The van der Waals surface area contributed by atoms with Gasteiger partial charge in [0, 0.05) is 24.9 Å². The molecule has 1 unspecified atom stereocenters. The average Bonchev–Trinajstić information content (AvgIpc) is 3.20. The summed E-state index contributed by atoms with van der Waals surface area (Å²) in [7, 11) is 0. The van der Waals surface area contributed by atoms with E-state index in [0.717, 1.165) is 18.4 Å². The van der Waals surface area contributed by atoms with Gasteiger partial charge in [-0.05, 0) is 38.3 Å². The van der Waals surface area contributed by atoms with E-state index in [-0.39, 0.29) is 18.2 Å². The van der Waals surface area contributed by atoms with Crippen molar-refractivity contribution in [3.8, 4) is 0 Å². The zero-order chi connectivity index (χ0) is 21.1. The molecule has 0 aliphatic carbocycles. The Bertz CT molecular complexity index is 742. The smallest absolute Gasteiger partial charge is 0.316 e. The van der Waals surface area contributed by atoms with Crippen LogP contribution < -0.4 is 10.6 Å². The molecule has 7 nitrogen and oxygen atoms in total. The number of nitrogens with zero attached hydrogens (tertiary/aromatic N) is 2. The largest absolute Gasteiger partial charge is 0.379 e. The first-order valence-electron chi connectivity index (χ1n) is 9.88. The van der Waals surface area contributed by atoms with Gasteiger partial charge in [0.1, 0.15) is 6.17 Å². The molecule has 3 N–H and O–H groups in total. The van der Waals surface area contributed by atoms with Crippen molar-refractivity contribution in [1.29, 1.82) is 5.41 Å². The zero-order valence-corrected chi connectivity index (χ0v) is 17.2. The van der Waals surface area contributed by atoms with Crippen LogP contribution in [0.3, 0.4) is 0 Å². The summed E-state index contributed by atoms with van der Waals surface area (Å²) in [4.78, 5) is 12.4. The molecule has 156 valence electrons. The summed E-state index contributed by atoms with van der Waals surface area (Å²) >= 11 is 0. The third-order valence-electron chi connectivity index (χ3n) is 4.54. The normalized spacial score (nSPS) is 22.2. The van der Waals surface area contributed by atoms with Gasteiger partial charge < -0.3 is 20.8 Å². The van der Waals surface area contributed by atoms with E-state index in [1.807, 2.05) is 55.3 Å². The number of carbonyl (C=O) groups excluding carboxylic acids is 1. The second kappa shape index (κ2) is 11.8. The highest BCUT2D eigenvalue weighted by atomic mass is 16.5. The molecule has 2 aliphatic heterocycles. The third kappa shape index (κ3) is 7.19. The molecule has 0 spiro atoms. The molecule has 2 aliphatic rings. The first-order valence-corrected chi connectivity index (χ1v) is 9.88.